The third-order valence-corrected chi connectivity index (χ3v) is 2.77. The molecule has 0 atom stereocenters. The fraction of sp³-hybridized carbons (Fsp3) is 0.154. The molecule has 2 rings (SSSR count). The van der Waals surface area contributed by atoms with Crippen molar-refractivity contribution in [1.29, 1.82) is 0 Å². The summed E-state index contributed by atoms with van der Waals surface area (Å²) in [7, 11) is 0. The molecule has 21 heavy (non-hydrogen) atoms. The van der Waals surface area contributed by atoms with Gasteiger partial charge in [-0.1, -0.05) is 0 Å². The normalized spacial score (nSPS) is 10.1. The van der Waals surface area contributed by atoms with Gasteiger partial charge in [-0.3, -0.25) is 15.1 Å². The van der Waals surface area contributed by atoms with E-state index in [1.165, 1.54) is 0 Å². The quantitative estimate of drug-likeness (QED) is 0.613. The highest BCUT2D eigenvalue weighted by Crippen LogP contribution is 2.22. The number of nitrogens with one attached hydrogen (secondary N) is 1. The van der Waals surface area contributed by atoms with Gasteiger partial charge in [-0.2, -0.15) is 0 Å². The lowest BCUT2D eigenvalue weighted by molar-refractivity contribution is -0.384. The van der Waals surface area contributed by atoms with Crippen molar-refractivity contribution >= 4 is 17.5 Å². The van der Waals surface area contributed by atoms with Crippen molar-refractivity contribution < 1.29 is 14.8 Å². The number of aromatic carboxylic acids is 1. The summed E-state index contributed by atoms with van der Waals surface area (Å²) in [6.07, 6.45) is 5.06. The van der Waals surface area contributed by atoms with Gasteiger partial charge in [0.25, 0.3) is 0 Å². The van der Waals surface area contributed by atoms with Gasteiger partial charge in [-0.25, -0.2) is 9.78 Å². The number of pyridine rings is 2. The van der Waals surface area contributed by atoms with Crippen LogP contribution in [0.1, 0.15) is 15.9 Å². The Bertz CT molecular complexity index is 660. The molecule has 0 aliphatic heterocycles. The van der Waals surface area contributed by atoms with Gasteiger partial charge in [-0.05, 0) is 24.1 Å². The van der Waals surface area contributed by atoms with E-state index >= 15 is 0 Å². The van der Waals surface area contributed by atoms with E-state index in [2.05, 4.69) is 15.3 Å². The molecule has 2 aromatic rings. The summed E-state index contributed by atoms with van der Waals surface area (Å²) in [5.74, 6) is -1.20. The molecule has 2 aromatic heterocycles. The van der Waals surface area contributed by atoms with Crippen molar-refractivity contribution in [2.24, 2.45) is 0 Å². The Morgan fingerprint density at radius 3 is 2.71 bits per heavy atom. The summed E-state index contributed by atoms with van der Waals surface area (Å²) < 4.78 is 0. The lowest BCUT2D eigenvalue weighted by Crippen LogP contribution is -2.10. The smallest absolute Gasteiger partial charge is 0.337 e. The van der Waals surface area contributed by atoms with Gasteiger partial charge in [0.05, 0.1) is 10.5 Å². The van der Waals surface area contributed by atoms with Crippen LogP contribution in [0.5, 0.6) is 0 Å². The monoisotopic (exact) mass is 288 g/mol. The molecule has 0 aliphatic rings. The van der Waals surface area contributed by atoms with Crippen LogP contribution in [-0.4, -0.2) is 32.5 Å². The molecule has 2 N–H and O–H groups in total. The minimum atomic E-state index is -1.26. The van der Waals surface area contributed by atoms with Gasteiger partial charge < -0.3 is 10.4 Å². The number of carboxylic acids is 1. The first-order valence-electron chi connectivity index (χ1n) is 6.08. The Hall–Kier alpha value is -3.03. The molecule has 0 spiro atoms. The zero-order chi connectivity index (χ0) is 15.2. The van der Waals surface area contributed by atoms with Crippen LogP contribution < -0.4 is 5.32 Å². The van der Waals surface area contributed by atoms with E-state index in [-0.39, 0.29) is 17.1 Å². The molecule has 8 heteroatoms. The number of aromatic nitrogens is 2. The minimum Gasteiger partial charge on any atom is -0.478 e. The topological polar surface area (TPSA) is 118 Å². The number of nitro groups is 1. The molecule has 8 nitrogen and oxygen atoms in total. The highest BCUT2D eigenvalue weighted by molar-refractivity contribution is 5.88. The number of nitrogens with zero attached hydrogens (tertiary/aromatic N) is 3. The molecule has 0 saturated carbocycles. The van der Waals surface area contributed by atoms with Gasteiger partial charge in [0.2, 0.25) is 5.82 Å². The van der Waals surface area contributed by atoms with Crippen molar-refractivity contribution in [3.63, 3.8) is 0 Å². The van der Waals surface area contributed by atoms with Crippen LogP contribution in [0.25, 0.3) is 0 Å². The Morgan fingerprint density at radius 2 is 2.10 bits per heavy atom. The van der Waals surface area contributed by atoms with E-state index in [1.807, 2.05) is 12.1 Å². The molecule has 0 bridgehead atoms. The van der Waals surface area contributed by atoms with Crippen LogP contribution >= 0.6 is 0 Å². The van der Waals surface area contributed by atoms with E-state index in [0.717, 1.165) is 17.8 Å². The number of hydrogen-bond donors (Lipinski definition) is 2. The fourth-order valence-corrected chi connectivity index (χ4v) is 1.72. The van der Waals surface area contributed by atoms with Crippen LogP contribution in [0.4, 0.5) is 11.5 Å². The molecule has 0 unspecified atom stereocenters. The number of anilines is 1. The first kappa shape index (κ1) is 14.4. The van der Waals surface area contributed by atoms with Crippen molar-refractivity contribution in [2.75, 3.05) is 11.9 Å². The maximum absolute atomic E-state index is 11.0. The highest BCUT2D eigenvalue weighted by Gasteiger charge is 2.18. The Kier molecular flexibility index (Phi) is 4.39. The van der Waals surface area contributed by atoms with Gasteiger partial charge >= 0.3 is 11.7 Å². The molecule has 0 aromatic carbocycles. The number of rotatable bonds is 6. The predicted octanol–water partition coefficient (Wildman–Crippen LogP) is 1.74. The Labute approximate surface area is 119 Å². The molecule has 0 radical (unpaired) electrons. The lowest BCUT2D eigenvalue weighted by Gasteiger charge is -2.06. The molecule has 0 amide bonds. The summed E-state index contributed by atoms with van der Waals surface area (Å²) in [5.41, 5.74) is 0.452. The van der Waals surface area contributed by atoms with Gasteiger partial charge in [0.1, 0.15) is 0 Å². The zero-order valence-corrected chi connectivity index (χ0v) is 10.9. The largest absolute Gasteiger partial charge is 0.478 e. The molecule has 0 saturated heterocycles. The highest BCUT2D eigenvalue weighted by atomic mass is 16.6. The van der Waals surface area contributed by atoms with E-state index in [9.17, 15) is 14.9 Å². The summed E-state index contributed by atoms with van der Waals surface area (Å²) >= 11 is 0. The van der Waals surface area contributed by atoms with E-state index < -0.39 is 10.9 Å². The summed E-state index contributed by atoms with van der Waals surface area (Å²) in [4.78, 5) is 28.8. The molecule has 108 valence electrons. The summed E-state index contributed by atoms with van der Waals surface area (Å²) in [5, 5.41) is 22.6. The van der Waals surface area contributed by atoms with Crippen molar-refractivity contribution in [3.8, 4) is 0 Å². The second kappa shape index (κ2) is 6.42. The number of carboxylic acid groups (broad SMARTS) is 1. The maximum atomic E-state index is 11.0. The molecule has 2 heterocycles. The predicted molar refractivity (Wildman–Crippen MR) is 74.3 cm³/mol. The molecule has 0 aliphatic carbocycles. The van der Waals surface area contributed by atoms with E-state index in [1.54, 1.807) is 12.4 Å². The fourth-order valence-electron chi connectivity index (χ4n) is 1.72. The third-order valence-electron chi connectivity index (χ3n) is 2.77. The van der Waals surface area contributed by atoms with Gasteiger partial charge in [0.15, 0.2) is 0 Å². The number of carbonyl (C=O) groups is 1. The Morgan fingerprint density at radius 1 is 1.38 bits per heavy atom. The van der Waals surface area contributed by atoms with Gasteiger partial charge in [0, 0.05) is 31.2 Å². The average Bonchev–Trinajstić information content (AvgIpc) is 2.48. The van der Waals surface area contributed by atoms with Crippen LogP contribution in [0.15, 0.2) is 36.8 Å². The first-order valence-corrected chi connectivity index (χ1v) is 6.08. The zero-order valence-electron chi connectivity index (χ0n) is 10.9. The van der Waals surface area contributed by atoms with Crippen molar-refractivity contribution in [1.82, 2.24) is 9.97 Å². The first-order chi connectivity index (χ1) is 10.1. The van der Waals surface area contributed by atoms with E-state index in [4.69, 9.17) is 5.11 Å². The SMILES string of the molecule is O=C(O)c1cnc(NCCc2ccncc2)c([N+](=O)[O-])c1. The summed E-state index contributed by atoms with van der Waals surface area (Å²) in [6.45, 7) is 0.435. The standard InChI is InChI=1S/C13H12N4O4/c18-13(19)10-7-11(17(20)21)12(16-8-10)15-6-3-9-1-4-14-5-2-9/h1-2,4-5,7-8H,3,6H2,(H,15,16)(H,18,19). The van der Waals surface area contributed by atoms with Crippen LogP contribution in [0, 0.1) is 10.1 Å². The van der Waals surface area contributed by atoms with E-state index in [0.29, 0.717) is 13.0 Å². The second-order valence-corrected chi connectivity index (χ2v) is 4.19. The van der Waals surface area contributed by atoms with Crippen LogP contribution in [0.3, 0.4) is 0 Å². The second-order valence-electron chi connectivity index (χ2n) is 4.19. The van der Waals surface area contributed by atoms with Gasteiger partial charge in [-0.15, -0.1) is 0 Å². The van der Waals surface area contributed by atoms with Crippen LogP contribution in [-0.2, 0) is 6.42 Å². The van der Waals surface area contributed by atoms with Crippen molar-refractivity contribution in [3.05, 3.63) is 58.0 Å². The molecular weight excluding hydrogens is 276 g/mol. The summed E-state index contributed by atoms with van der Waals surface area (Å²) in [6, 6.07) is 4.68. The average molecular weight is 288 g/mol. The van der Waals surface area contributed by atoms with Crippen molar-refractivity contribution in [2.45, 2.75) is 6.42 Å². The number of hydrogen-bond acceptors (Lipinski definition) is 6. The lowest BCUT2D eigenvalue weighted by atomic mass is 10.2. The molecular formula is C13H12N4O4. The third kappa shape index (κ3) is 3.72. The van der Waals surface area contributed by atoms with Crippen LogP contribution in [0.2, 0.25) is 0 Å². The maximum Gasteiger partial charge on any atom is 0.337 e. The minimum absolute atomic E-state index is 0.0547. The Balaban J connectivity index is 2.09. The molecule has 0 fully saturated rings.